The highest BCUT2D eigenvalue weighted by Crippen LogP contribution is 2.46. The fourth-order valence-corrected chi connectivity index (χ4v) is 3.21. The summed E-state index contributed by atoms with van der Waals surface area (Å²) in [6.45, 7) is 0. The Morgan fingerprint density at radius 2 is 2.23 bits per heavy atom. The number of nitrogens with zero attached hydrogens (tertiary/aromatic N) is 1. The van der Waals surface area contributed by atoms with Gasteiger partial charge < -0.3 is 4.90 Å². The van der Waals surface area contributed by atoms with Crippen LogP contribution in [0.5, 0.6) is 0 Å². The number of carbonyl (C=O) groups excluding carboxylic acids is 1. The van der Waals surface area contributed by atoms with E-state index in [4.69, 9.17) is 0 Å². The van der Waals surface area contributed by atoms with Gasteiger partial charge in [-0.25, -0.2) is 0 Å². The van der Waals surface area contributed by atoms with E-state index in [1.54, 1.807) is 0 Å². The van der Waals surface area contributed by atoms with E-state index in [0.717, 1.165) is 11.8 Å². The van der Waals surface area contributed by atoms with Crippen molar-refractivity contribution >= 4 is 18.5 Å². The van der Waals surface area contributed by atoms with Gasteiger partial charge in [-0.2, -0.15) is 12.6 Å². The standard InChI is InChI=1S/C10H17NOS/c1-11(10(12)6-13)9-5-7-2-3-8(9)4-7/h7-9,13H,2-6H2,1H3. The van der Waals surface area contributed by atoms with Gasteiger partial charge >= 0.3 is 0 Å². The summed E-state index contributed by atoms with van der Waals surface area (Å²) in [7, 11) is 1.93. The Balaban J connectivity index is 1.98. The molecule has 2 nitrogen and oxygen atoms in total. The lowest BCUT2D eigenvalue weighted by atomic mass is 9.94. The van der Waals surface area contributed by atoms with Crippen molar-refractivity contribution in [2.75, 3.05) is 12.8 Å². The van der Waals surface area contributed by atoms with Gasteiger partial charge in [0.2, 0.25) is 5.91 Å². The van der Waals surface area contributed by atoms with Gasteiger partial charge in [-0.1, -0.05) is 6.42 Å². The minimum absolute atomic E-state index is 0.181. The molecule has 2 aliphatic carbocycles. The van der Waals surface area contributed by atoms with Gasteiger partial charge in [0, 0.05) is 13.1 Å². The number of hydrogen-bond donors (Lipinski definition) is 1. The van der Waals surface area contributed by atoms with Crippen molar-refractivity contribution in [1.82, 2.24) is 4.90 Å². The van der Waals surface area contributed by atoms with Crippen molar-refractivity contribution in [3.8, 4) is 0 Å². The van der Waals surface area contributed by atoms with Crippen molar-refractivity contribution in [1.29, 1.82) is 0 Å². The van der Waals surface area contributed by atoms with E-state index in [1.165, 1.54) is 25.7 Å². The Labute approximate surface area is 85.1 Å². The summed E-state index contributed by atoms with van der Waals surface area (Å²) in [5.74, 6) is 2.23. The van der Waals surface area contributed by atoms with Crippen molar-refractivity contribution < 1.29 is 4.79 Å². The zero-order valence-corrected chi connectivity index (χ0v) is 8.96. The second-order valence-corrected chi connectivity index (χ2v) is 4.72. The van der Waals surface area contributed by atoms with Crippen LogP contribution in [-0.4, -0.2) is 29.6 Å². The molecule has 0 spiro atoms. The highest BCUT2D eigenvalue weighted by molar-refractivity contribution is 7.81. The van der Waals surface area contributed by atoms with E-state index < -0.39 is 0 Å². The maximum atomic E-state index is 11.4. The molecular formula is C10H17NOS. The topological polar surface area (TPSA) is 20.3 Å². The third kappa shape index (κ3) is 1.58. The van der Waals surface area contributed by atoms with Crippen LogP contribution in [0, 0.1) is 11.8 Å². The van der Waals surface area contributed by atoms with Crippen LogP contribution in [0.3, 0.4) is 0 Å². The van der Waals surface area contributed by atoms with Crippen LogP contribution in [0.4, 0.5) is 0 Å². The Morgan fingerprint density at radius 3 is 2.69 bits per heavy atom. The van der Waals surface area contributed by atoms with Gasteiger partial charge in [0.1, 0.15) is 0 Å². The van der Waals surface area contributed by atoms with Gasteiger partial charge in [-0.3, -0.25) is 4.79 Å². The number of amides is 1. The second kappa shape index (κ2) is 3.52. The molecule has 0 radical (unpaired) electrons. The largest absolute Gasteiger partial charge is 0.342 e. The van der Waals surface area contributed by atoms with E-state index in [0.29, 0.717) is 11.8 Å². The number of hydrogen-bond acceptors (Lipinski definition) is 2. The molecule has 0 N–H and O–H groups in total. The summed E-state index contributed by atoms with van der Waals surface area (Å²) in [5.41, 5.74) is 0. The molecule has 0 aromatic rings. The quantitative estimate of drug-likeness (QED) is 0.669. The van der Waals surface area contributed by atoms with Crippen LogP contribution in [0.25, 0.3) is 0 Å². The summed E-state index contributed by atoms with van der Waals surface area (Å²) >= 11 is 4.03. The average Bonchev–Trinajstić information content (AvgIpc) is 2.76. The Kier molecular flexibility index (Phi) is 2.54. The zero-order chi connectivity index (χ0) is 9.42. The van der Waals surface area contributed by atoms with E-state index in [2.05, 4.69) is 12.6 Å². The lowest BCUT2D eigenvalue weighted by Gasteiger charge is -2.31. The third-order valence-corrected chi connectivity index (χ3v) is 4.00. The monoisotopic (exact) mass is 199 g/mol. The van der Waals surface area contributed by atoms with Gasteiger partial charge in [0.05, 0.1) is 5.75 Å². The minimum atomic E-state index is 0.181. The predicted octanol–water partition coefficient (Wildman–Crippen LogP) is 1.56. The van der Waals surface area contributed by atoms with Crippen LogP contribution in [0.2, 0.25) is 0 Å². The fraction of sp³-hybridized carbons (Fsp3) is 0.900. The smallest absolute Gasteiger partial charge is 0.232 e. The van der Waals surface area contributed by atoms with Crippen LogP contribution >= 0.6 is 12.6 Å². The zero-order valence-electron chi connectivity index (χ0n) is 8.07. The third-order valence-electron chi connectivity index (χ3n) is 3.73. The lowest BCUT2D eigenvalue weighted by molar-refractivity contribution is -0.130. The molecule has 2 rings (SSSR count). The number of fused-ring (bicyclic) bond motifs is 2. The summed E-state index contributed by atoms with van der Waals surface area (Å²) in [6.07, 6.45) is 5.32. The first-order chi connectivity index (χ1) is 6.22. The molecule has 0 aliphatic heterocycles. The molecule has 2 aliphatic rings. The van der Waals surface area contributed by atoms with Gasteiger partial charge in [0.15, 0.2) is 0 Å². The Hall–Kier alpha value is -0.180. The molecule has 3 unspecified atom stereocenters. The van der Waals surface area contributed by atoms with Crippen LogP contribution in [0.1, 0.15) is 25.7 Å². The molecule has 3 heteroatoms. The summed E-state index contributed by atoms with van der Waals surface area (Å²) in [6, 6.07) is 0.526. The SMILES string of the molecule is CN(C(=O)CS)C1CC2CCC1C2. The van der Waals surface area contributed by atoms with Crippen LogP contribution in [0.15, 0.2) is 0 Å². The number of carbonyl (C=O) groups is 1. The molecule has 0 aromatic heterocycles. The van der Waals surface area contributed by atoms with Gasteiger partial charge in [-0.05, 0) is 31.1 Å². The molecule has 2 saturated carbocycles. The molecule has 2 bridgehead atoms. The highest BCUT2D eigenvalue weighted by atomic mass is 32.1. The second-order valence-electron chi connectivity index (χ2n) is 4.40. The highest BCUT2D eigenvalue weighted by Gasteiger charge is 2.42. The molecule has 0 heterocycles. The molecule has 3 atom stereocenters. The number of thiol groups is 1. The first kappa shape index (κ1) is 9.38. The average molecular weight is 199 g/mol. The van der Waals surface area contributed by atoms with Gasteiger partial charge in [0.25, 0.3) is 0 Å². The first-order valence-corrected chi connectivity index (χ1v) is 5.72. The molecule has 13 heavy (non-hydrogen) atoms. The van der Waals surface area contributed by atoms with Crippen molar-refractivity contribution in [2.45, 2.75) is 31.7 Å². The summed E-state index contributed by atoms with van der Waals surface area (Å²) in [5, 5.41) is 0. The van der Waals surface area contributed by atoms with Crippen LogP contribution in [-0.2, 0) is 4.79 Å². The maximum absolute atomic E-state index is 11.4. The van der Waals surface area contributed by atoms with Crippen LogP contribution < -0.4 is 0 Å². The molecular weight excluding hydrogens is 182 g/mol. The summed E-state index contributed by atoms with van der Waals surface area (Å²) in [4.78, 5) is 13.4. The maximum Gasteiger partial charge on any atom is 0.232 e. The predicted molar refractivity (Wildman–Crippen MR) is 55.9 cm³/mol. The van der Waals surface area contributed by atoms with Gasteiger partial charge in [-0.15, -0.1) is 0 Å². The van der Waals surface area contributed by atoms with E-state index in [-0.39, 0.29) is 5.91 Å². The van der Waals surface area contributed by atoms with E-state index in [9.17, 15) is 4.79 Å². The van der Waals surface area contributed by atoms with Crippen molar-refractivity contribution in [3.05, 3.63) is 0 Å². The molecule has 1 amide bonds. The van der Waals surface area contributed by atoms with E-state index in [1.807, 2.05) is 11.9 Å². The lowest BCUT2D eigenvalue weighted by Crippen LogP contribution is -2.40. The molecule has 0 aromatic carbocycles. The first-order valence-electron chi connectivity index (χ1n) is 5.09. The van der Waals surface area contributed by atoms with Crippen molar-refractivity contribution in [3.63, 3.8) is 0 Å². The minimum Gasteiger partial charge on any atom is -0.342 e. The van der Waals surface area contributed by atoms with E-state index >= 15 is 0 Å². The normalized spacial score (nSPS) is 36.6. The number of rotatable bonds is 2. The summed E-state index contributed by atoms with van der Waals surface area (Å²) < 4.78 is 0. The molecule has 0 saturated heterocycles. The fourth-order valence-electron chi connectivity index (χ4n) is 2.98. The molecule has 74 valence electrons. The Morgan fingerprint density at radius 1 is 1.46 bits per heavy atom. The van der Waals surface area contributed by atoms with Crippen molar-refractivity contribution in [2.24, 2.45) is 11.8 Å². The Bertz CT molecular complexity index is 219. The molecule has 2 fully saturated rings.